The molecule has 3 heteroatoms. The largest absolute Gasteiger partial charge is 0.304 e. The Hall–Kier alpha value is -1.61. The molecule has 1 amide bonds. The molecular weight excluding hydrogens is 296 g/mol. The monoisotopic (exact) mass is 320 g/mol. The second-order valence-corrected chi connectivity index (χ2v) is 8.40. The second kappa shape index (κ2) is 4.32. The average molecular weight is 320 g/mol. The van der Waals surface area contributed by atoms with Gasteiger partial charge in [-0.3, -0.25) is 9.69 Å². The lowest BCUT2D eigenvalue weighted by atomic mass is 9.56. The number of benzene rings is 1. The Morgan fingerprint density at radius 3 is 3.04 bits per heavy atom. The van der Waals surface area contributed by atoms with Gasteiger partial charge < -0.3 is 4.90 Å². The van der Waals surface area contributed by atoms with E-state index in [9.17, 15) is 4.79 Å². The van der Waals surface area contributed by atoms with Gasteiger partial charge in [-0.2, -0.15) is 0 Å². The van der Waals surface area contributed by atoms with Gasteiger partial charge in [0.1, 0.15) is 0 Å². The molecule has 1 aliphatic carbocycles. The van der Waals surface area contributed by atoms with Crippen LogP contribution in [-0.2, 0) is 10.2 Å². The number of piperidine rings is 1. The Bertz CT molecular complexity index is 784. The van der Waals surface area contributed by atoms with Crippen LogP contribution in [0, 0.1) is 11.8 Å². The summed E-state index contributed by atoms with van der Waals surface area (Å²) in [6.07, 6.45) is 6.69. The van der Waals surface area contributed by atoms with Crippen molar-refractivity contribution in [1.29, 1.82) is 0 Å². The molecule has 6 rings (SSSR count). The van der Waals surface area contributed by atoms with Gasteiger partial charge in [0.15, 0.2) is 0 Å². The topological polar surface area (TPSA) is 23.6 Å². The van der Waals surface area contributed by atoms with E-state index in [1.54, 1.807) is 5.57 Å². The van der Waals surface area contributed by atoms with Crippen molar-refractivity contribution in [3.63, 3.8) is 0 Å². The molecule has 5 aliphatic rings. The lowest BCUT2D eigenvalue weighted by Gasteiger charge is -2.56. The van der Waals surface area contributed by atoms with E-state index in [4.69, 9.17) is 0 Å². The van der Waals surface area contributed by atoms with Gasteiger partial charge in [-0.05, 0) is 48.4 Å². The summed E-state index contributed by atoms with van der Waals surface area (Å²) in [6.45, 7) is 4.81. The first-order valence-corrected chi connectivity index (χ1v) is 9.61. The first-order chi connectivity index (χ1) is 11.8. The molecule has 3 fully saturated rings. The predicted octanol–water partition coefficient (Wildman–Crippen LogP) is 3.10. The number of nitrogens with zero attached hydrogens (tertiary/aromatic N) is 2. The Kier molecular flexibility index (Phi) is 2.46. The maximum absolute atomic E-state index is 12.9. The van der Waals surface area contributed by atoms with Crippen molar-refractivity contribution in [3.8, 4) is 0 Å². The number of hydrogen-bond donors (Lipinski definition) is 0. The van der Waals surface area contributed by atoms with E-state index in [1.165, 1.54) is 43.6 Å². The fourth-order valence-corrected chi connectivity index (χ4v) is 6.96. The summed E-state index contributed by atoms with van der Waals surface area (Å²) < 4.78 is 0. The van der Waals surface area contributed by atoms with Crippen molar-refractivity contribution in [1.82, 2.24) is 4.90 Å². The normalized spacial score (nSPS) is 42.0. The first kappa shape index (κ1) is 13.7. The quantitative estimate of drug-likeness (QED) is 0.742. The third-order valence-electron chi connectivity index (χ3n) is 7.82. The van der Waals surface area contributed by atoms with E-state index in [0.29, 0.717) is 30.3 Å². The van der Waals surface area contributed by atoms with Gasteiger partial charge >= 0.3 is 0 Å². The Morgan fingerprint density at radius 2 is 2.17 bits per heavy atom. The standard InChI is InChI=1S/C21H24N2O/c1-2-13-12-22-10-9-21-16-5-3-4-6-17(16)23-19(24)8-7-14(20(21)23)15(13)11-18(21)22/h3-7,13,15,18,20H,2,8-12H2,1H3/t13-,15+,18-,20+,21+/m1/s1. The zero-order valence-electron chi connectivity index (χ0n) is 14.2. The van der Waals surface area contributed by atoms with Gasteiger partial charge in [-0.25, -0.2) is 0 Å². The van der Waals surface area contributed by atoms with Crippen LogP contribution in [0.25, 0.3) is 0 Å². The Labute approximate surface area is 143 Å². The molecular formula is C21H24N2O. The van der Waals surface area contributed by atoms with Crippen molar-refractivity contribution in [2.45, 2.75) is 50.1 Å². The van der Waals surface area contributed by atoms with Gasteiger partial charge in [0.2, 0.25) is 5.91 Å². The highest BCUT2D eigenvalue weighted by atomic mass is 16.2. The van der Waals surface area contributed by atoms with Crippen LogP contribution < -0.4 is 4.90 Å². The summed E-state index contributed by atoms with van der Waals surface area (Å²) in [5.74, 6) is 1.76. The molecule has 3 nitrogen and oxygen atoms in total. The molecule has 0 radical (unpaired) electrons. The van der Waals surface area contributed by atoms with Crippen LogP contribution in [-0.4, -0.2) is 36.0 Å². The highest BCUT2D eigenvalue weighted by molar-refractivity contribution is 6.00. The number of para-hydroxylation sites is 1. The van der Waals surface area contributed by atoms with Crippen LogP contribution in [0.1, 0.15) is 38.2 Å². The first-order valence-electron chi connectivity index (χ1n) is 9.61. The summed E-state index contributed by atoms with van der Waals surface area (Å²) in [5.41, 5.74) is 4.43. The minimum absolute atomic E-state index is 0.160. The fraction of sp³-hybridized carbons (Fsp3) is 0.571. The molecule has 4 heterocycles. The van der Waals surface area contributed by atoms with E-state index in [2.05, 4.69) is 47.1 Å². The minimum Gasteiger partial charge on any atom is -0.304 e. The maximum atomic E-state index is 12.9. The molecule has 1 aromatic carbocycles. The average Bonchev–Trinajstić information content (AvgIpc) is 3.15. The van der Waals surface area contributed by atoms with Gasteiger partial charge in [-0.1, -0.05) is 37.6 Å². The van der Waals surface area contributed by atoms with Crippen LogP contribution in [0.4, 0.5) is 5.69 Å². The van der Waals surface area contributed by atoms with Crippen molar-refractivity contribution in [3.05, 3.63) is 41.5 Å². The minimum atomic E-state index is 0.160. The summed E-state index contributed by atoms with van der Waals surface area (Å²) in [6, 6.07) is 9.71. The summed E-state index contributed by atoms with van der Waals surface area (Å²) in [4.78, 5) is 17.8. The molecule has 2 saturated heterocycles. The molecule has 24 heavy (non-hydrogen) atoms. The zero-order chi connectivity index (χ0) is 16.1. The smallest absolute Gasteiger partial charge is 0.231 e. The second-order valence-electron chi connectivity index (χ2n) is 8.40. The SMILES string of the molecule is CC[C@@H]1CN2CC[C@]34c5ccccc5N5C(=O)CC=C([C@H]1C[C@@H]23)[C@H]54. The lowest BCUT2D eigenvalue weighted by Crippen LogP contribution is -2.64. The third kappa shape index (κ3) is 1.31. The van der Waals surface area contributed by atoms with Gasteiger partial charge in [0, 0.05) is 30.1 Å². The van der Waals surface area contributed by atoms with Crippen molar-refractivity contribution in [2.75, 3.05) is 18.0 Å². The van der Waals surface area contributed by atoms with Crippen LogP contribution >= 0.6 is 0 Å². The number of fused-ring (bicyclic) bond motifs is 4. The third-order valence-corrected chi connectivity index (χ3v) is 7.82. The highest BCUT2D eigenvalue weighted by Gasteiger charge is 2.67. The van der Waals surface area contributed by atoms with Crippen molar-refractivity contribution < 1.29 is 4.79 Å². The molecule has 5 atom stereocenters. The van der Waals surface area contributed by atoms with Crippen molar-refractivity contribution in [2.24, 2.45) is 11.8 Å². The van der Waals surface area contributed by atoms with E-state index in [1.807, 2.05) is 0 Å². The lowest BCUT2D eigenvalue weighted by molar-refractivity contribution is -0.119. The van der Waals surface area contributed by atoms with E-state index >= 15 is 0 Å². The number of amides is 1. The van der Waals surface area contributed by atoms with E-state index in [0.717, 1.165) is 5.92 Å². The van der Waals surface area contributed by atoms with Crippen molar-refractivity contribution >= 4 is 11.6 Å². The van der Waals surface area contributed by atoms with E-state index < -0.39 is 0 Å². The Morgan fingerprint density at radius 1 is 1.29 bits per heavy atom. The number of rotatable bonds is 1. The highest BCUT2D eigenvalue weighted by Crippen LogP contribution is 2.64. The Balaban J connectivity index is 1.64. The molecule has 1 aromatic rings. The zero-order valence-corrected chi connectivity index (χ0v) is 14.2. The number of anilines is 1. The number of carbonyl (C=O) groups excluding carboxylic acids is 1. The summed E-state index contributed by atoms with van der Waals surface area (Å²) >= 11 is 0. The molecule has 0 aromatic heterocycles. The summed E-state index contributed by atoms with van der Waals surface area (Å²) in [5, 5.41) is 0. The molecule has 2 bridgehead atoms. The van der Waals surface area contributed by atoms with Crippen LogP contribution in [0.3, 0.4) is 0 Å². The van der Waals surface area contributed by atoms with Crippen LogP contribution in [0.2, 0.25) is 0 Å². The number of carbonyl (C=O) groups is 1. The van der Waals surface area contributed by atoms with Gasteiger partial charge in [-0.15, -0.1) is 0 Å². The fourth-order valence-electron chi connectivity index (χ4n) is 6.96. The summed E-state index contributed by atoms with van der Waals surface area (Å²) in [7, 11) is 0. The molecule has 0 N–H and O–H groups in total. The van der Waals surface area contributed by atoms with Crippen LogP contribution in [0.5, 0.6) is 0 Å². The number of hydrogen-bond acceptors (Lipinski definition) is 2. The maximum Gasteiger partial charge on any atom is 0.231 e. The van der Waals surface area contributed by atoms with Gasteiger partial charge in [0.05, 0.1) is 6.04 Å². The molecule has 0 unspecified atom stereocenters. The molecule has 124 valence electrons. The molecule has 4 aliphatic heterocycles. The van der Waals surface area contributed by atoms with Crippen LogP contribution in [0.15, 0.2) is 35.9 Å². The van der Waals surface area contributed by atoms with E-state index in [-0.39, 0.29) is 5.41 Å². The molecule has 1 saturated carbocycles. The van der Waals surface area contributed by atoms with Gasteiger partial charge in [0.25, 0.3) is 0 Å². The molecule has 1 spiro atoms. The predicted molar refractivity (Wildman–Crippen MR) is 94.0 cm³/mol.